The first-order valence-corrected chi connectivity index (χ1v) is 9.34. The number of hydrogen-bond donors (Lipinski definition) is 1. The normalized spacial score (nSPS) is 35.6. The second-order valence-corrected chi connectivity index (χ2v) is 7.62. The predicted octanol–water partition coefficient (Wildman–Crippen LogP) is 4.07. The van der Waals surface area contributed by atoms with Gasteiger partial charge in [0, 0.05) is 6.04 Å². The minimum absolute atomic E-state index is 0.281. The van der Waals surface area contributed by atoms with E-state index in [1.165, 1.54) is 77.0 Å². The fourth-order valence-corrected chi connectivity index (χ4v) is 4.98. The van der Waals surface area contributed by atoms with E-state index in [1.54, 1.807) is 0 Å². The molecule has 2 fully saturated rings. The van der Waals surface area contributed by atoms with Crippen molar-refractivity contribution < 1.29 is 0 Å². The summed E-state index contributed by atoms with van der Waals surface area (Å²) in [7, 11) is 0. The van der Waals surface area contributed by atoms with Gasteiger partial charge in [-0.15, -0.1) is 0 Å². The molecule has 2 N–H and O–H groups in total. The van der Waals surface area contributed by atoms with Crippen LogP contribution >= 0.6 is 0 Å². The van der Waals surface area contributed by atoms with E-state index in [4.69, 9.17) is 10.7 Å². The van der Waals surface area contributed by atoms with E-state index in [1.807, 2.05) is 0 Å². The number of nitrogens with two attached hydrogens (primary N) is 1. The van der Waals surface area contributed by atoms with E-state index in [0.717, 1.165) is 18.4 Å². The number of aliphatic imine (C=N–C) groups is 1. The quantitative estimate of drug-likeness (QED) is 0.779. The number of guanidine groups is 1. The highest BCUT2D eigenvalue weighted by Gasteiger charge is 2.45. The molecule has 2 unspecified atom stereocenters. The van der Waals surface area contributed by atoms with Crippen LogP contribution in [0.5, 0.6) is 0 Å². The molecule has 2 saturated carbocycles. The van der Waals surface area contributed by atoms with Gasteiger partial charge < -0.3 is 10.6 Å². The highest BCUT2D eigenvalue weighted by molar-refractivity contribution is 5.81. The van der Waals surface area contributed by atoms with Crippen LogP contribution in [0.3, 0.4) is 0 Å². The second-order valence-electron chi connectivity index (χ2n) is 7.62. The van der Waals surface area contributed by atoms with Gasteiger partial charge in [-0.1, -0.05) is 51.9 Å². The molecule has 3 aliphatic rings. The number of nitrogens with zero attached hydrogens (tertiary/aromatic N) is 2. The molecule has 0 saturated heterocycles. The highest BCUT2D eigenvalue weighted by Crippen LogP contribution is 2.41. The summed E-state index contributed by atoms with van der Waals surface area (Å²) in [5.41, 5.74) is 6.64. The Morgan fingerprint density at radius 3 is 2.52 bits per heavy atom. The molecule has 0 bridgehead atoms. The molecular weight excluding hydrogens is 258 g/mol. The van der Waals surface area contributed by atoms with Crippen molar-refractivity contribution in [3.8, 4) is 0 Å². The van der Waals surface area contributed by atoms with Crippen molar-refractivity contribution in [1.29, 1.82) is 0 Å². The summed E-state index contributed by atoms with van der Waals surface area (Å²) in [6.07, 6.45) is 16.4. The Bertz CT molecular complexity index is 371. The molecule has 0 aromatic rings. The van der Waals surface area contributed by atoms with E-state index in [-0.39, 0.29) is 5.54 Å². The summed E-state index contributed by atoms with van der Waals surface area (Å²) in [6, 6.07) is 0.664. The van der Waals surface area contributed by atoms with Crippen molar-refractivity contribution in [2.45, 2.75) is 95.6 Å². The summed E-state index contributed by atoms with van der Waals surface area (Å²) in [5, 5.41) is 0. The Kier molecular flexibility index (Phi) is 4.75. The van der Waals surface area contributed by atoms with Crippen LogP contribution in [0.4, 0.5) is 0 Å². The first-order valence-electron chi connectivity index (χ1n) is 9.34. The average Bonchev–Trinajstić information content (AvgIpc) is 2.73. The lowest BCUT2D eigenvalue weighted by Gasteiger charge is -2.44. The minimum Gasteiger partial charge on any atom is -0.370 e. The Hall–Kier alpha value is -0.730. The molecule has 1 heterocycles. The lowest BCUT2D eigenvalue weighted by atomic mass is 9.86. The Morgan fingerprint density at radius 1 is 1.05 bits per heavy atom. The van der Waals surface area contributed by atoms with E-state index < -0.39 is 0 Å². The molecular formula is C18H33N3. The van der Waals surface area contributed by atoms with E-state index in [9.17, 15) is 0 Å². The SMILES string of the molecule is CCC1CCCC2(CC1)CN=C(N)N2C1CCCCCC1. The van der Waals surface area contributed by atoms with Crippen molar-refractivity contribution >= 4 is 5.96 Å². The van der Waals surface area contributed by atoms with Gasteiger partial charge in [-0.3, -0.25) is 4.99 Å². The summed E-state index contributed by atoms with van der Waals surface area (Å²) in [4.78, 5) is 7.32. The molecule has 0 aromatic carbocycles. The third-order valence-electron chi connectivity index (χ3n) is 6.33. The lowest BCUT2D eigenvalue weighted by molar-refractivity contribution is 0.117. The van der Waals surface area contributed by atoms with Gasteiger partial charge in [0.1, 0.15) is 0 Å². The van der Waals surface area contributed by atoms with Crippen LogP contribution < -0.4 is 5.73 Å². The average molecular weight is 291 g/mol. The van der Waals surface area contributed by atoms with Crippen LogP contribution in [-0.4, -0.2) is 29.0 Å². The van der Waals surface area contributed by atoms with Crippen molar-refractivity contribution in [2.75, 3.05) is 6.54 Å². The number of rotatable bonds is 2. The maximum absolute atomic E-state index is 6.36. The highest BCUT2D eigenvalue weighted by atomic mass is 15.4. The predicted molar refractivity (Wildman–Crippen MR) is 89.4 cm³/mol. The molecule has 21 heavy (non-hydrogen) atoms. The van der Waals surface area contributed by atoms with Gasteiger partial charge in [0.15, 0.2) is 5.96 Å². The Morgan fingerprint density at radius 2 is 1.81 bits per heavy atom. The summed E-state index contributed by atoms with van der Waals surface area (Å²) >= 11 is 0. The smallest absolute Gasteiger partial charge is 0.192 e. The summed E-state index contributed by atoms with van der Waals surface area (Å²) in [5.74, 6) is 1.79. The monoisotopic (exact) mass is 291 g/mol. The van der Waals surface area contributed by atoms with E-state index in [2.05, 4.69) is 11.8 Å². The maximum atomic E-state index is 6.36. The lowest BCUT2D eigenvalue weighted by Crippen LogP contribution is -2.56. The molecule has 120 valence electrons. The standard InChI is InChI=1S/C18H33N3/c1-2-15-8-7-12-18(13-11-15)14-20-17(19)21(18)16-9-5-3-4-6-10-16/h15-16H,2-14H2,1H3,(H2,19,20). The Balaban J connectivity index is 1.77. The molecule has 0 radical (unpaired) electrons. The zero-order valence-corrected chi connectivity index (χ0v) is 13.8. The van der Waals surface area contributed by atoms with Crippen LogP contribution in [0.25, 0.3) is 0 Å². The second kappa shape index (κ2) is 6.58. The van der Waals surface area contributed by atoms with Crippen molar-refractivity contribution in [1.82, 2.24) is 4.90 Å². The van der Waals surface area contributed by atoms with Gasteiger partial charge in [0.2, 0.25) is 0 Å². The third kappa shape index (κ3) is 3.07. The van der Waals surface area contributed by atoms with Crippen LogP contribution in [-0.2, 0) is 0 Å². The zero-order chi connectivity index (χ0) is 14.7. The molecule has 3 heteroatoms. The van der Waals surface area contributed by atoms with Crippen LogP contribution in [0.2, 0.25) is 0 Å². The van der Waals surface area contributed by atoms with Gasteiger partial charge in [-0.25, -0.2) is 0 Å². The molecule has 1 spiro atoms. The molecule has 3 rings (SSSR count). The fraction of sp³-hybridized carbons (Fsp3) is 0.944. The molecule has 0 aromatic heterocycles. The molecule has 0 amide bonds. The van der Waals surface area contributed by atoms with Gasteiger partial charge in [0.25, 0.3) is 0 Å². The first-order chi connectivity index (χ1) is 10.2. The van der Waals surface area contributed by atoms with Crippen molar-refractivity contribution in [2.24, 2.45) is 16.6 Å². The summed E-state index contributed by atoms with van der Waals surface area (Å²) in [6.45, 7) is 3.32. The Labute approximate surface area is 130 Å². The van der Waals surface area contributed by atoms with Gasteiger partial charge >= 0.3 is 0 Å². The maximum Gasteiger partial charge on any atom is 0.192 e. The largest absolute Gasteiger partial charge is 0.370 e. The summed E-state index contributed by atoms with van der Waals surface area (Å²) < 4.78 is 0. The van der Waals surface area contributed by atoms with Crippen LogP contribution in [0.1, 0.15) is 84.0 Å². The molecule has 1 aliphatic heterocycles. The number of hydrogen-bond acceptors (Lipinski definition) is 3. The van der Waals surface area contributed by atoms with Crippen LogP contribution in [0.15, 0.2) is 4.99 Å². The van der Waals surface area contributed by atoms with E-state index >= 15 is 0 Å². The zero-order valence-electron chi connectivity index (χ0n) is 13.8. The molecule has 3 nitrogen and oxygen atoms in total. The molecule has 2 atom stereocenters. The van der Waals surface area contributed by atoms with Gasteiger partial charge in [0.05, 0.1) is 12.1 Å². The topological polar surface area (TPSA) is 41.6 Å². The van der Waals surface area contributed by atoms with Crippen molar-refractivity contribution in [3.05, 3.63) is 0 Å². The van der Waals surface area contributed by atoms with Gasteiger partial charge in [-0.05, 0) is 38.0 Å². The third-order valence-corrected chi connectivity index (χ3v) is 6.33. The molecule has 2 aliphatic carbocycles. The van der Waals surface area contributed by atoms with E-state index in [0.29, 0.717) is 6.04 Å². The van der Waals surface area contributed by atoms with Crippen molar-refractivity contribution in [3.63, 3.8) is 0 Å². The fourth-order valence-electron chi connectivity index (χ4n) is 4.98. The van der Waals surface area contributed by atoms with Gasteiger partial charge in [-0.2, -0.15) is 0 Å². The van der Waals surface area contributed by atoms with Crippen LogP contribution in [0, 0.1) is 5.92 Å². The first kappa shape index (κ1) is 15.2. The minimum atomic E-state index is 0.281.